The molecule has 0 saturated heterocycles. The normalized spacial score (nSPS) is 14.6. The second kappa shape index (κ2) is 9.41. The van der Waals surface area contributed by atoms with E-state index in [9.17, 15) is 0 Å². The van der Waals surface area contributed by atoms with E-state index in [0.717, 1.165) is 45.4 Å². The summed E-state index contributed by atoms with van der Waals surface area (Å²) in [5, 5.41) is 12.1. The summed E-state index contributed by atoms with van der Waals surface area (Å²) in [5.74, 6) is 0. The summed E-state index contributed by atoms with van der Waals surface area (Å²) in [4.78, 5) is 2.32. The Labute approximate surface area is 106 Å². The van der Waals surface area contributed by atoms with Crippen molar-refractivity contribution in [2.75, 3.05) is 40.9 Å². The van der Waals surface area contributed by atoms with Crippen molar-refractivity contribution in [1.82, 2.24) is 10.2 Å². The molecular weight excluding hydrogens is 214 g/mol. The van der Waals surface area contributed by atoms with Crippen LogP contribution in [-0.4, -0.2) is 51.3 Å². The molecule has 1 atom stereocenters. The van der Waals surface area contributed by atoms with Crippen LogP contribution < -0.4 is 5.32 Å². The van der Waals surface area contributed by atoms with Gasteiger partial charge in [0.1, 0.15) is 5.54 Å². The summed E-state index contributed by atoms with van der Waals surface area (Å²) in [5.41, 5.74) is -0.366. The number of hydrogen-bond acceptors (Lipinski definition) is 4. The van der Waals surface area contributed by atoms with Crippen molar-refractivity contribution in [3.63, 3.8) is 0 Å². The molecular formula is C13H27N3O. The topological polar surface area (TPSA) is 48.3 Å². The Hall–Kier alpha value is -0.630. The smallest absolute Gasteiger partial charge is 0.103 e. The first kappa shape index (κ1) is 16.4. The average molecular weight is 241 g/mol. The van der Waals surface area contributed by atoms with E-state index in [1.807, 2.05) is 14.0 Å². The fourth-order valence-electron chi connectivity index (χ4n) is 1.69. The maximum absolute atomic E-state index is 9.00. The molecule has 4 heteroatoms. The summed E-state index contributed by atoms with van der Waals surface area (Å²) in [7, 11) is 5.72. The Kier molecular flexibility index (Phi) is 9.06. The average Bonchev–Trinajstić information content (AvgIpc) is 2.35. The number of rotatable bonds is 10. The fraction of sp³-hybridized carbons (Fsp3) is 0.923. The highest BCUT2D eigenvalue weighted by Gasteiger charge is 2.19. The maximum atomic E-state index is 9.00. The highest BCUT2D eigenvalue weighted by molar-refractivity contribution is 5.02. The van der Waals surface area contributed by atoms with Crippen LogP contribution in [0.3, 0.4) is 0 Å². The number of nitriles is 1. The summed E-state index contributed by atoms with van der Waals surface area (Å²) >= 11 is 0. The molecule has 1 unspecified atom stereocenters. The van der Waals surface area contributed by atoms with Crippen molar-refractivity contribution in [2.24, 2.45) is 0 Å². The molecule has 0 aromatic rings. The number of methoxy groups -OCH3 is 1. The molecule has 0 radical (unpaired) electrons. The van der Waals surface area contributed by atoms with E-state index in [1.165, 1.54) is 0 Å². The monoisotopic (exact) mass is 241 g/mol. The van der Waals surface area contributed by atoms with Crippen molar-refractivity contribution in [2.45, 2.75) is 38.1 Å². The highest BCUT2D eigenvalue weighted by atomic mass is 16.5. The third kappa shape index (κ3) is 8.14. The van der Waals surface area contributed by atoms with Gasteiger partial charge in [-0.15, -0.1) is 0 Å². The molecule has 0 aliphatic heterocycles. The van der Waals surface area contributed by atoms with Crippen molar-refractivity contribution in [1.29, 1.82) is 5.26 Å². The van der Waals surface area contributed by atoms with Gasteiger partial charge in [0.15, 0.2) is 0 Å². The molecule has 0 spiro atoms. The van der Waals surface area contributed by atoms with E-state index >= 15 is 0 Å². The molecule has 0 aromatic heterocycles. The molecule has 1 N–H and O–H groups in total. The van der Waals surface area contributed by atoms with Crippen LogP contribution in [0, 0.1) is 11.3 Å². The van der Waals surface area contributed by atoms with E-state index in [0.29, 0.717) is 0 Å². The van der Waals surface area contributed by atoms with Crippen LogP contribution in [0.4, 0.5) is 0 Å². The third-order valence-corrected chi connectivity index (χ3v) is 3.15. The number of nitrogens with zero attached hydrogens (tertiary/aromatic N) is 2. The lowest BCUT2D eigenvalue weighted by molar-refractivity contribution is 0.178. The summed E-state index contributed by atoms with van der Waals surface area (Å²) in [6.07, 6.45) is 4.22. The second-order valence-electron chi connectivity index (χ2n) is 4.80. The molecule has 0 amide bonds. The summed E-state index contributed by atoms with van der Waals surface area (Å²) in [6, 6.07) is 2.32. The first-order valence-electron chi connectivity index (χ1n) is 6.35. The van der Waals surface area contributed by atoms with Gasteiger partial charge in [0.2, 0.25) is 0 Å². The minimum atomic E-state index is -0.366. The van der Waals surface area contributed by atoms with E-state index in [4.69, 9.17) is 10.00 Å². The number of hydrogen-bond donors (Lipinski definition) is 1. The first-order valence-corrected chi connectivity index (χ1v) is 6.35. The second-order valence-corrected chi connectivity index (χ2v) is 4.80. The van der Waals surface area contributed by atoms with Crippen molar-refractivity contribution >= 4 is 0 Å². The Morgan fingerprint density at radius 1 is 1.29 bits per heavy atom. The summed E-state index contributed by atoms with van der Waals surface area (Å²) < 4.78 is 5.02. The Balaban J connectivity index is 3.54. The van der Waals surface area contributed by atoms with Gasteiger partial charge >= 0.3 is 0 Å². The van der Waals surface area contributed by atoms with E-state index in [1.54, 1.807) is 7.11 Å². The van der Waals surface area contributed by atoms with Crippen molar-refractivity contribution in [3.8, 4) is 6.07 Å². The molecule has 0 fully saturated rings. The van der Waals surface area contributed by atoms with Gasteiger partial charge in [-0.3, -0.25) is 0 Å². The van der Waals surface area contributed by atoms with Gasteiger partial charge in [0.05, 0.1) is 6.07 Å². The zero-order chi connectivity index (χ0) is 13.1. The third-order valence-electron chi connectivity index (χ3n) is 3.15. The largest absolute Gasteiger partial charge is 0.385 e. The molecule has 17 heavy (non-hydrogen) atoms. The quantitative estimate of drug-likeness (QED) is 0.591. The van der Waals surface area contributed by atoms with E-state index < -0.39 is 0 Å². The Morgan fingerprint density at radius 2 is 1.94 bits per heavy atom. The predicted molar refractivity (Wildman–Crippen MR) is 70.9 cm³/mol. The molecule has 0 rings (SSSR count). The SMILES string of the molecule is CNC(C)(C#N)CCCCN(C)CCCOC. The van der Waals surface area contributed by atoms with Crippen LogP contribution in [0.5, 0.6) is 0 Å². The number of nitrogens with one attached hydrogen (secondary N) is 1. The minimum absolute atomic E-state index is 0.366. The van der Waals surface area contributed by atoms with Gasteiger partial charge in [-0.05, 0) is 53.2 Å². The van der Waals surface area contributed by atoms with Crippen LogP contribution in [0.15, 0.2) is 0 Å². The molecule has 0 saturated carbocycles. The molecule has 0 aliphatic carbocycles. The molecule has 0 aromatic carbocycles. The first-order chi connectivity index (χ1) is 8.08. The van der Waals surface area contributed by atoms with Crippen LogP contribution >= 0.6 is 0 Å². The van der Waals surface area contributed by atoms with Crippen LogP contribution in [0.25, 0.3) is 0 Å². The predicted octanol–water partition coefficient (Wildman–Crippen LogP) is 1.63. The van der Waals surface area contributed by atoms with E-state index in [-0.39, 0.29) is 5.54 Å². The van der Waals surface area contributed by atoms with Gasteiger partial charge < -0.3 is 15.0 Å². The number of ether oxygens (including phenoxy) is 1. The number of unbranched alkanes of at least 4 members (excludes halogenated alkanes) is 1. The molecule has 0 bridgehead atoms. The van der Waals surface area contributed by atoms with Gasteiger partial charge in [0.25, 0.3) is 0 Å². The van der Waals surface area contributed by atoms with Gasteiger partial charge in [-0.1, -0.05) is 0 Å². The lowest BCUT2D eigenvalue weighted by Crippen LogP contribution is -2.38. The Morgan fingerprint density at radius 3 is 2.47 bits per heavy atom. The maximum Gasteiger partial charge on any atom is 0.103 e. The molecule has 4 nitrogen and oxygen atoms in total. The molecule has 0 aliphatic rings. The van der Waals surface area contributed by atoms with Gasteiger partial charge in [0, 0.05) is 20.3 Å². The van der Waals surface area contributed by atoms with E-state index in [2.05, 4.69) is 23.3 Å². The van der Waals surface area contributed by atoms with Crippen LogP contribution in [0.1, 0.15) is 32.6 Å². The van der Waals surface area contributed by atoms with Crippen molar-refractivity contribution < 1.29 is 4.74 Å². The van der Waals surface area contributed by atoms with Crippen LogP contribution in [-0.2, 0) is 4.74 Å². The highest BCUT2D eigenvalue weighted by Crippen LogP contribution is 2.12. The lowest BCUT2D eigenvalue weighted by Gasteiger charge is -2.21. The Bertz CT molecular complexity index is 227. The molecule has 0 heterocycles. The van der Waals surface area contributed by atoms with Crippen LogP contribution in [0.2, 0.25) is 0 Å². The summed E-state index contributed by atoms with van der Waals surface area (Å²) in [6.45, 7) is 4.95. The minimum Gasteiger partial charge on any atom is -0.385 e. The van der Waals surface area contributed by atoms with Gasteiger partial charge in [-0.2, -0.15) is 5.26 Å². The standard InChI is InChI=1S/C13H27N3O/c1-13(12-14,15-2)8-5-6-9-16(3)10-7-11-17-4/h15H,5-11H2,1-4H3. The zero-order valence-corrected chi connectivity index (χ0v) is 11.8. The van der Waals surface area contributed by atoms with Crippen molar-refractivity contribution in [3.05, 3.63) is 0 Å². The molecule has 100 valence electrons. The fourth-order valence-corrected chi connectivity index (χ4v) is 1.69. The lowest BCUT2D eigenvalue weighted by atomic mass is 9.97. The zero-order valence-electron chi connectivity index (χ0n) is 11.8. The van der Waals surface area contributed by atoms with Gasteiger partial charge in [-0.25, -0.2) is 0 Å².